The van der Waals surface area contributed by atoms with E-state index >= 15 is 0 Å². The SMILES string of the molecule is Cn1nnnc1-c1cc(F)ccc1C#N. The Hall–Kier alpha value is -2.29. The Morgan fingerprint density at radius 2 is 2.27 bits per heavy atom. The first-order valence-electron chi connectivity index (χ1n) is 4.15. The lowest BCUT2D eigenvalue weighted by Crippen LogP contribution is -1.97. The zero-order valence-corrected chi connectivity index (χ0v) is 7.85. The molecule has 2 rings (SSSR count). The first-order chi connectivity index (χ1) is 7.22. The molecule has 0 bridgehead atoms. The second-order valence-corrected chi connectivity index (χ2v) is 2.93. The number of benzene rings is 1. The van der Waals surface area contributed by atoms with Gasteiger partial charge in [-0.25, -0.2) is 9.07 Å². The lowest BCUT2D eigenvalue weighted by molar-refractivity contribution is 0.627. The number of tetrazole rings is 1. The first kappa shape index (κ1) is 9.27. The maximum Gasteiger partial charge on any atom is 0.183 e. The van der Waals surface area contributed by atoms with Gasteiger partial charge in [0.25, 0.3) is 0 Å². The number of rotatable bonds is 1. The zero-order chi connectivity index (χ0) is 10.8. The van der Waals surface area contributed by atoms with Gasteiger partial charge < -0.3 is 0 Å². The van der Waals surface area contributed by atoms with Crippen LogP contribution in [0.2, 0.25) is 0 Å². The van der Waals surface area contributed by atoms with Crippen molar-refractivity contribution in [3.8, 4) is 17.5 Å². The van der Waals surface area contributed by atoms with Crippen molar-refractivity contribution in [1.82, 2.24) is 20.2 Å². The molecule has 0 saturated heterocycles. The van der Waals surface area contributed by atoms with E-state index < -0.39 is 5.82 Å². The molecule has 2 aromatic rings. The molecular weight excluding hydrogens is 197 g/mol. The van der Waals surface area contributed by atoms with Gasteiger partial charge >= 0.3 is 0 Å². The minimum Gasteiger partial charge on any atom is -0.229 e. The maximum absolute atomic E-state index is 13.0. The van der Waals surface area contributed by atoms with Gasteiger partial charge in [-0.1, -0.05) is 0 Å². The molecule has 15 heavy (non-hydrogen) atoms. The Labute approximate surface area is 84.8 Å². The summed E-state index contributed by atoms with van der Waals surface area (Å²) >= 11 is 0. The number of nitriles is 1. The van der Waals surface area contributed by atoms with E-state index in [9.17, 15) is 4.39 Å². The highest BCUT2D eigenvalue weighted by Gasteiger charge is 2.11. The average molecular weight is 203 g/mol. The second kappa shape index (κ2) is 3.46. The number of hydrogen-bond donors (Lipinski definition) is 0. The summed E-state index contributed by atoms with van der Waals surface area (Å²) in [6.07, 6.45) is 0. The standard InChI is InChI=1S/C9H6FN5/c1-15-9(12-13-14-15)8-4-7(10)3-2-6(8)5-11/h2-4H,1H3. The number of hydrogen-bond acceptors (Lipinski definition) is 4. The van der Waals surface area contributed by atoms with Crippen molar-refractivity contribution in [3.63, 3.8) is 0 Å². The summed E-state index contributed by atoms with van der Waals surface area (Å²) in [6.45, 7) is 0. The molecule has 0 aliphatic rings. The van der Waals surface area contributed by atoms with E-state index in [0.717, 1.165) is 0 Å². The van der Waals surface area contributed by atoms with Gasteiger partial charge in [-0.3, -0.25) is 0 Å². The van der Waals surface area contributed by atoms with Crippen LogP contribution in [0.25, 0.3) is 11.4 Å². The normalized spacial score (nSPS) is 9.93. The Kier molecular flexibility index (Phi) is 2.14. The Balaban J connectivity index is 2.67. The first-order valence-corrected chi connectivity index (χ1v) is 4.15. The smallest absolute Gasteiger partial charge is 0.183 e. The molecule has 6 heteroatoms. The molecule has 0 fully saturated rings. The summed E-state index contributed by atoms with van der Waals surface area (Å²) in [4.78, 5) is 0. The van der Waals surface area contributed by atoms with Crippen LogP contribution in [0.1, 0.15) is 5.56 Å². The molecule has 1 aromatic carbocycles. The van der Waals surface area contributed by atoms with Crippen molar-refractivity contribution >= 4 is 0 Å². The molecule has 0 N–H and O–H groups in total. The van der Waals surface area contributed by atoms with Crippen LogP contribution in [0.15, 0.2) is 18.2 Å². The molecular formula is C9H6FN5. The molecule has 0 atom stereocenters. The van der Waals surface area contributed by atoms with Gasteiger partial charge in [0.2, 0.25) is 0 Å². The van der Waals surface area contributed by atoms with Gasteiger partial charge in [0.15, 0.2) is 5.82 Å². The summed E-state index contributed by atoms with van der Waals surface area (Å²) in [5, 5.41) is 19.6. The van der Waals surface area contributed by atoms with Crippen molar-refractivity contribution in [1.29, 1.82) is 5.26 Å². The van der Waals surface area contributed by atoms with E-state index in [1.54, 1.807) is 7.05 Å². The molecule has 0 unspecified atom stereocenters. The summed E-state index contributed by atoms with van der Waals surface area (Å²) < 4.78 is 14.4. The van der Waals surface area contributed by atoms with Gasteiger partial charge in [0, 0.05) is 12.6 Å². The summed E-state index contributed by atoms with van der Waals surface area (Å²) in [6, 6.07) is 5.83. The molecule has 1 heterocycles. The molecule has 0 aliphatic carbocycles. The van der Waals surface area contributed by atoms with Crippen LogP contribution in [-0.2, 0) is 7.05 Å². The fourth-order valence-corrected chi connectivity index (χ4v) is 1.26. The fraction of sp³-hybridized carbons (Fsp3) is 0.111. The third kappa shape index (κ3) is 1.55. The lowest BCUT2D eigenvalue weighted by atomic mass is 10.1. The van der Waals surface area contributed by atoms with Gasteiger partial charge in [-0.05, 0) is 28.6 Å². The van der Waals surface area contributed by atoms with E-state index in [-0.39, 0.29) is 0 Å². The topological polar surface area (TPSA) is 67.4 Å². The highest BCUT2D eigenvalue weighted by atomic mass is 19.1. The largest absolute Gasteiger partial charge is 0.229 e. The van der Waals surface area contributed by atoms with E-state index in [0.29, 0.717) is 17.0 Å². The van der Waals surface area contributed by atoms with Crippen molar-refractivity contribution in [2.75, 3.05) is 0 Å². The predicted molar refractivity (Wildman–Crippen MR) is 48.9 cm³/mol. The Bertz CT molecular complexity index is 540. The predicted octanol–water partition coefficient (Wildman–Crippen LogP) is 0.888. The van der Waals surface area contributed by atoms with Crippen molar-refractivity contribution < 1.29 is 4.39 Å². The number of halogens is 1. The van der Waals surface area contributed by atoms with E-state index in [4.69, 9.17) is 5.26 Å². The summed E-state index contributed by atoms with van der Waals surface area (Å²) in [7, 11) is 1.63. The Morgan fingerprint density at radius 3 is 2.87 bits per heavy atom. The number of nitrogens with zero attached hydrogens (tertiary/aromatic N) is 5. The molecule has 0 radical (unpaired) electrons. The molecule has 0 aliphatic heterocycles. The molecule has 0 saturated carbocycles. The van der Waals surface area contributed by atoms with Crippen LogP contribution in [0.4, 0.5) is 4.39 Å². The van der Waals surface area contributed by atoms with E-state index in [1.807, 2.05) is 6.07 Å². The second-order valence-electron chi connectivity index (χ2n) is 2.93. The molecule has 74 valence electrons. The third-order valence-electron chi connectivity index (χ3n) is 1.96. The molecule has 0 amide bonds. The van der Waals surface area contributed by atoms with Crippen LogP contribution >= 0.6 is 0 Å². The van der Waals surface area contributed by atoms with Crippen LogP contribution in [-0.4, -0.2) is 20.2 Å². The molecule has 1 aromatic heterocycles. The molecule has 0 spiro atoms. The average Bonchev–Trinajstić information content (AvgIpc) is 2.64. The lowest BCUT2D eigenvalue weighted by Gasteiger charge is -2.01. The van der Waals surface area contributed by atoms with Crippen LogP contribution in [0.5, 0.6) is 0 Å². The van der Waals surface area contributed by atoms with E-state index in [1.165, 1.54) is 22.9 Å². The highest BCUT2D eigenvalue weighted by Crippen LogP contribution is 2.20. The number of aryl methyl sites for hydroxylation is 1. The molecule has 5 nitrogen and oxygen atoms in total. The van der Waals surface area contributed by atoms with Crippen LogP contribution in [0, 0.1) is 17.1 Å². The maximum atomic E-state index is 13.0. The van der Waals surface area contributed by atoms with Crippen LogP contribution in [0.3, 0.4) is 0 Å². The van der Waals surface area contributed by atoms with Gasteiger partial charge in [0.1, 0.15) is 5.82 Å². The third-order valence-corrected chi connectivity index (χ3v) is 1.96. The van der Waals surface area contributed by atoms with Crippen molar-refractivity contribution in [2.45, 2.75) is 0 Å². The van der Waals surface area contributed by atoms with Gasteiger partial charge in [-0.2, -0.15) is 5.26 Å². The van der Waals surface area contributed by atoms with E-state index in [2.05, 4.69) is 15.5 Å². The summed E-state index contributed by atoms with van der Waals surface area (Å²) in [5.74, 6) is -0.0574. The quantitative estimate of drug-likeness (QED) is 0.690. The van der Waals surface area contributed by atoms with Gasteiger partial charge in [0.05, 0.1) is 11.6 Å². The fourth-order valence-electron chi connectivity index (χ4n) is 1.26. The monoisotopic (exact) mass is 203 g/mol. The minimum absolute atomic E-state index is 0.342. The number of aromatic nitrogens is 4. The van der Waals surface area contributed by atoms with Crippen molar-refractivity contribution in [2.24, 2.45) is 7.05 Å². The Morgan fingerprint density at radius 1 is 1.47 bits per heavy atom. The zero-order valence-electron chi connectivity index (χ0n) is 7.85. The minimum atomic E-state index is -0.424. The van der Waals surface area contributed by atoms with Gasteiger partial charge in [-0.15, -0.1) is 5.10 Å². The highest BCUT2D eigenvalue weighted by molar-refractivity contribution is 5.64. The van der Waals surface area contributed by atoms with Crippen LogP contribution < -0.4 is 0 Å². The summed E-state index contributed by atoms with van der Waals surface area (Å²) in [5.41, 5.74) is 0.735. The van der Waals surface area contributed by atoms with Crippen molar-refractivity contribution in [3.05, 3.63) is 29.6 Å².